The molecule has 3 N–H and O–H groups in total. The third-order valence-corrected chi connectivity index (χ3v) is 5.48. The smallest absolute Gasteiger partial charge is 0.335 e. The molecule has 188 valence electrons. The van der Waals surface area contributed by atoms with E-state index in [9.17, 15) is 14.4 Å². The molecular weight excluding hydrogens is 462 g/mol. The number of carbonyl (C=O) groups excluding carboxylic acids is 2. The Morgan fingerprint density at radius 3 is 2.25 bits per heavy atom. The zero-order valence-corrected chi connectivity index (χ0v) is 20.6. The van der Waals surface area contributed by atoms with Crippen LogP contribution in [0.5, 0.6) is 11.5 Å². The highest BCUT2D eigenvalue weighted by atomic mass is 16.5. The molecule has 1 atom stereocenters. The highest BCUT2D eigenvalue weighted by Gasteiger charge is 2.21. The van der Waals surface area contributed by atoms with Gasteiger partial charge in [-0.2, -0.15) is 0 Å². The first-order chi connectivity index (χ1) is 17.2. The quantitative estimate of drug-likeness (QED) is 0.380. The Bertz CT molecular complexity index is 1240. The number of hydrogen-bond donors (Lipinski definition) is 3. The van der Waals surface area contributed by atoms with Gasteiger partial charge in [0.1, 0.15) is 18.1 Å². The van der Waals surface area contributed by atoms with E-state index >= 15 is 0 Å². The Hall–Kier alpha value is -4.53. The molecule has 3 aromatic rings. The number of carboxylic acids is 1. The topological polar surface area (TPSA) is 117 Å². The lowest BCUT2D eigenvalue weighted by molar-refractivity contribution is -0.117. The summed E-state index contributed by atoms with van der Waals surface area (Å²) in [4.78, 5) is 37.6. The number of ether oxygens (including phenoxy) is 2. The van der Waals surface area contributed by atoms with Gasteiger partial charge in [-0.25, -0.2) is 9.59 Å². The van der Waals surface area contributed by atoms with Crippen LogP contribution in [0.2, 0.25) is 0 Å². The molecule has 9 nitrogen and oxygen atoms in total. The monoisotopic (exact) mass is 491 g/mol. The van der Waals surface area contributed by atoms with Crippen molar-refractivity contribution in [3.05, 3.63) is 77.9 Å². The summed E-state index contributed by atoms with van der Waals surface area (Å²) in [6.45, 7) is 5.36. The van der Waals surface area contributed by atoms with E-state index in [0.29, 0.717) is 28.6 Å². The van der Waals surface area contributed by atoms with Gasteiger partial charge in [0.05, 0.1) is 24.4 Å². The minimum absolute atomic E-state index is 0.161. The van der Waals surface area contributed by atoms with Gasteiger partial charge in [-0.15, -0.1) is 0 Å². The number of rotatable bonds is 9. The number of aromatic carboxylic acids is 1. The van der Waals surface area contributed by atoms with E-state index < -0.39 is 12.0 Å². The first kappa shape index (κ1) is 26.1. The van der Waals surface area contributed by atoms with Gasteiger partial charge in [0.15, 0.2) is 0 Å². The van der Waals surface area contributed by atoms with Crippen molar-refractivity contribution in [1.82, 2.24) is 0 Å². The minimum Gasteiger partial charge on any atom is -0.494 e. The SMILES string of the molecule is COc1cc(N(C(C)=O)C(C)COc2ccc(C(=O)O)cc2)ccc1NC(=O)Nc1ccccc1C. The maximum absolute atomic E-state index is 12.5. The number of nitrogens with one attached hydrogen (secondary N) is 2. The van der Waals surface area contributed by atoms with Crippen LogP contribution >= 0.6 is 0 Å². The fourth-order valence-corrected chi connectivity index (χ4v) is 3.65. The summed E-state index contributed by atoms with van der Waals surface area (Å²) in [7, 11) is 1.48. The van der Waals surface area contributed by atoms with Gasteiger partial charge in [-0.1, -0.05) is 18.2 Å². The van der Waals surface area contributed by atoms with Crippen LogP contribution in [0, 0.1) is 6.92 Å². The molecule has 36 heavy (non-hydrogen) atoms. The predicted molar refractivity (Wildman–Crippen MR) is 138 cm³/mol. The van der Waals surface area contributed by atoms with Crippen LogP contribution in [0.4, 0.5) is 21.9 Å². The van der Waals surface area contributed by atoms with E-state index in [4.69, 9.17) is 14.6 Å². The van der Waals surface area contributed by atoms with Crippen molar-refractivity contribution in [3.8, 4) is 11.5 Å². The molecule has 0 bridgehead atoms. The van der Waals surface area contributed by atoms with Gasteiger partial charge in [-0.05, 0) is 61.9 Å². The number of anilines is 3. The third kappa shape index (κ3) is 6.53. The Kier molecular flexibility index (Phi) is 8.51. The summed E-state index contributed by atoms with van der Waals surface area (Å²) < 4.78 is 11.2. The molecule has 0 heterocycles. The van der Waals surface area contributed by atoms with Crippen LogP contribution in [-0.2, 0) is 4.79 Å². The Morgan fingerprint density at radius 2 is 1.64 bits per heavy atom. The van der Waals surface area contributed by atoms with Crippen molar-refractivity contribution in [2.45, 2.75) is 26.8 Å². The number of methoxy groups -OCH3 is 1. The Morgan fingerprint density at radius 1 is 0.972 bits per heavy atom. The minimum atomic E-state index is -1.02. The highest BCUT2D eigenvalue weighted by Crippen LogP contribution is 2.31. The summed E-state index contributed by atoms with van der Waals surface area (Å²) in [6.07, 6.45) is 0. The van der Waals surface area contributed by atoms with Crippen LogP contribution in [0.1, 0.15) is 29.8 Å². The molecule has 0 aliphatic heterocycles. The standard InChI is InChI=1S/C27H29N3O6/c1-17-7-5-6-8-23(17)28-27(34)29-24-14-11-21(15-25(24)35-4)30(19(3)31)18(2)16-36-22-12-9-20(10-13-22)26(32)33/h5-15,18H,16H2,1-4H3,(H,32,33)(H2,28,29,34). The molecule has 0 aliphatic carbocycles. The molecule has 3 rings (SSSR count). The average molecular weight is 492 g/mol. The average Bonchev–Trinajstić information content (AvgIpc) is 2.85. The van der Waals surface area contributed by atoms with Crippen molar-refractivity contribution >= 4 is 35.0 Å². The molecule has 0 spiro atoms. The maximum atomic E-state index is 12.5. The molecule has 0 aliphatic rings. The number of carboxylic acid groups (broad SMARTS) is 1. The molecule has 0 aromatic heterocycles. The number of carbonyl (C=O) groups is 3. The predicted octanol–water partition coefficient (Wildman–Crippen LogP) is 5.17. The molecular formula is C27H29N3O6. The van der Waals surface area contributed by atoms with Crippen molar-refractivity contribution < 1.29 is 29.0 Å². The molecule has 3 aromatic carbocycles. The summed E-state index contributed by atoms with van der Waals surface area (Å²) in [5, 5.41) is 14.6. The van der Waals surface area contributed by atoms with Gasteiger partial charge < -0.3 is 30.1 Å². The lowest BCUT2D eigenvalue weighted by atomic mass is 10.2. The number of hydrogen-bond acceptors (Lipinski definition) is 5. The van der Waals surface area contributed by atoms with Gasteiger partial charge in [-0.3, -0.25) is 4.79 Å². The fourth-order valence-electron chi connectivity index (χ4n) is 3.65. The second-order valence-electron chi connectivity index (χ2n) is 8.16. The number of aryl methyl sites for hydroxylation is 1. The van der Waals surface area contributed by atoms with Gasteiger partial charge in [0.25, 0.3) is 0 Å². The van der Waals surface area contributed by atoms with Gasteiger partial charge in [0, 0.05) is 24.4 Å². The first-order valence-electron chi connectivity index (χ1n) is 11.3. The van der Waals surface area contributed by atoms with Crippen LogP contribution < -0.4 is 25.0 Å². The molecule has 0 saturated heterocycles. The van der Waals surface area contributed by atoms with Crippen LogP contribution in [0.3, 0.4) is 0 Å². The molecule has 0 radical (unpaired) electrons. The zero-order chi connectivity index (χ0) is 26.2. The number of para-hydroxylation sites is 1. The summed E-state index contributed by atoms with van der Waals surface area (Å²) in [5.74, 6) is -0.340. The van der Waals surface area contributed by atoms with E-state index in [1.165, 1.54) is 26.2 Å². The van der Waals surface area contributed by atoms with Crippen molar-refractivity contribution in [3.63, 3.8) is 0 Å². The number of urea groups is 1. The first-order valence-corrected chi connectivity index (χ1v) is 11.3. The Labute approximate surface area is 209 Å². The lowest BCUT2D eigenvalue weighted by Gasteiger charge is -2.29. The Balaban J connectivity index is 1.71. The molecule has 0 saturated carbocycles. The van der Waals surface area contributed by atoms with Crippen molar-refractivity contribution in [1.29, 1.82) is 0 Å². The van der Waals surface area contributed by atoms with Gasteiger partial charge >= 0.3 is 12.0 Å². The second kappa shape index (κ2) is 11.7. The number of benzene rings is 3. The highest BCUT2D eigenvalue weighted by molar-refractivity contribution is 6.01. The normalized spacial score (nSPS) is 11.2. The molecule has 1 unspecified atom stereocenters. The zero-order valence-electron chi connectivity index (χ0n) is 20.6. The summed E-state index contributed by atoms with van der Waals surface area (Å²) in [6, 6.07) is 17.8. The third-order valence-electron chi connectivity index (χ3n) is 5.48. The van der Waals surface area contributed by atoms with Crippen molar-refractivity contribution in [2.75, 3.05) is 29.3 Å². The lowest BCUT2D eigenvalue weighted by Crippen LogP contribution is -2.40. The second-order valence-corrected chi connectivity index (χ2v) is 8.16. The summed E-state index contributed by atoms with van der Waals surface area (Å²) in [5.41, 5.74) is 2.80. The number of amides is 3. The molecule has 3 amide bonds. The van der Waals surface area contributed by atoms with E-state index in [0.717, 1.165) is 5.56 Å². The molecule has 9 heteroatoms. The van der Waals surface area contributed by atoms with E-state index in [2.05, 4.69) is 10.6 Å². The van der Waals surface area contributed by atoms with Crippen LogP contribution in [-0.4, -0.2) is 42.8 Å². The largest absolute Gasteiger partial charge is 0.494 e. The van der Waals surface area contributed by atoms with Crippen molar-refractivity contribution in [2.24, 2.45) is 0 Å². The van der Waals surface area contributed by atoms with E-state index in [-0.39, 0.29) is 24.1 Å². The van der Waals surface area contributed by atoms with E-state index in [1.54, 1.807) is 35.2 Å². The van der Waals surface area contributed by atoms with Crippen LogP contribution in [0.15, 0.2) is 66.7 Å². The fraction of sp³-hybridized carbons (Fsp3) is 0.222. The molecule has 0 fully saturated rings. The van der Waals surface area contributed by atoms with Gasteiger partial charge in [0.2, 0.25) is 5.91 Å². The number of nitrogens with zero attached hydrogens (tertiary/aromatic N) is 1. The van der Waals surface area contributed by atoms with E-state index in [1.807, 2.05) is 38.1 Å². The summed E-state index contributed by atoms with van der Waals surface area (Å²) >= 11 is 0. The van der Waals surface area contributed by atoms with Crippen LogP contribution in [0.25, 0.3) is 0 Å². The maximum Gasteiger partial charge on any atom is 0.335 e.